The fourth-order valence-corrected chi connectivity index (χ4v) is 8.92. The van der Waals surface area contributed by atoms with E-state index in [0.717, 1.165) is 44.9 Å². The number of hydrogen-bond acceptors (Lipinski definition) is 6. The van der Waals surface area contributed by atoms with Crippen LogP contribution in [-0.2, 0) is 28.7 Å². The predicted octanol–water partition coefficient (Wildman–Crippen LogP) is 4.80. The molecule has 0 unspecified atom stereocenters. The first-order valence-corrected chi connectivity index (χ1v) is 13.5. The van der Waals surface area contributed by atoms with E-state index in [1.807, 2.05) is 0 Å². The second kappa shape index (κ2) is 9.85. The van der Waals surface area contributed by atoms with E-state index in [1.165, 1.54) is 7.11 Å². The zero-order chi connectivity index (χ0) is 25.5. The number of ketones is 1. The van der Waals surface area contributed by atoms with Gasteiger partial charge < -0.3 is 14.6 Å². The van der Waals surface area contributed by atoms with Crippen LogP contribution in [0.1, 0.15) is 91.4 Å². The SMILES string of the molecule is COC(=O)C[C@@H](C)[C@H]1CC[C@H]2[C@@H]3CC[C@H]4C[C@@H](OC(=O)CCC(=O)O)CC[C@]4(C)[C@H]3CC(=O)[C@]12C. The number of carbonyl (C=O) groups excluding carboxylic acids is 3. The van der Waals surface area contributed by atoms with E-state index >= 15 is 0 Å². The summed E-state index contributed by atoms with van der Waals surface area (Å²) >= 11 is 0. The number of carboxylic acids is 1. The van der Waals surface area contributed by atoms with E-state index in [1.54, 1.807) is 0 Å². The molecule has 1 N–H and O–H groups in total. The van der Waals surface area contributed by atoms with Crippen LogP contribution in [0, 0.1) is 46.3 Å². The van der Waals surface area contributed by atoms with Crippen molar-refractivity contribution in [3.05, 3.63) is 0 Å². The van der Waals surface area contributed by atoms with Gasteiger partial charge in [0.15, 0.2) is 0 Å². The Morgan fingerprint density at radius 3 is 2.46 bits per heavy atom. The molecule has 9 atom stereocenters. The Morgan fingerprint density at radius 2 is 1.77 bits per heavy atom. The van der Waals surface area contributed by atoms with Crippen molar-refractivity contribution in [2.24, 2.45) is 46.3 Å². The van der Waals surface area contributed by atoms with Crippen molar-refractivity contribution in [3.8, 4) is 0 Å². The number of rotatable bonds is 7. The second-order valence-corrected chi connectivity index (χ2v) is 12.3. The number of carboxylic acid groups (broad SMARTS) is 1. The summed E-state index contributed by atoms with van der Waals surface area (Å²) in [6.07, 6.45) is 7.36. The third-order valence-electron chi connectivity index (χ3n) is 10.8. The Hall–Kier alpha value is -1.92. The van der Waals surface area contributed by atoms with Gasteiger partial charge in [0.25, 0.3) is 0 Å². The summed E-state index contributed by atoms with van der Waals surface area (Å²) in [5.74, 6) is 0.837. The summed E-state index contributed by atoms with van der Waals surface area (Å²) in [4.78, 5) is 48.6. The van der Waals surface area contributed by atoms with Gasteiger partial charge in [0, 0.05) is 18.3 Å². The third-order valence-corrected chi connectivity index (χ3v) is 10.8. The highest BCUT2D eigenvalue weighted by Crippen LogP contribution is 2.67. The summed E-state index contributed by atoms with van der Waals surface area (Å²) in [7, 11) is 1.43. The molecule has 0 aromatic heterocycles. The Labute approximate surface area is 208 Å². The molecule has 0 aliphatic heterocycles. The van der Waals surface area contributed by atoms with Gasteiger partial charge in [0.05, 0.1) is 20.0 Å². The quantitative estimate of drug-likeness (QED) is 0.511. The van der Waals surface area contributed by atoms with Crippen LogP contribution in [0.2, 0.25) is 0 Å². The average Bonchev–Trinajstić information content (AvgIpc) is 3.17. The first-order chi connectivity index (χ1) is 16.5. The molecule has 7 heteroatoms. The Morgan fingerprint density at radius 1 is 1.03 bits per heavy atom. The largest absolute Gasteiger partial charge is 0.481 e. The zero-order valence-electron chi connectivity index (χ0n) is 21.7. The summed E-state index contributed by atoms with van der Waals surface area (Å²) in [5, 5.41) is 8.81. The van der Waals surface area contributed by atoms with Gasteiger partial charge in [0.2, 0.25) is 0 Å². The highest BCUT2D eigenvalue weighted by atomic mass is 16.5. The molecule has 4 saturated carbocycles. The Bertz CT molecular complexity index is 867. The molecule has 0 aromatic carbocycles. The summed E-state index contributed by atoms with van der Waals surface area (Å²) < 4.78 is 10.6. The van der Waals surface area contributed by atoms with Crippen LogP contribution in [0.3, 0.4) is 0 Å². The van der Waals surface area contributed by atoms with Crippen LogP contribution >= 0.6 is 0 Å². The van der Waals surface area contributed by atoms with Gasteiger partial charge in [-0.2, -0.15) is 0 Å². The fraction of sp³-hybridized carbons (Fsp3) is 0.857. The molecule has 4 aliphatic rings. The number of ether oxygens (including phenoxy) is 2. The van der Waals surface area contributed by atoms with E-state index in [4.69, 9.17) is 14.6 Å². The van der Waals surface area contributed by atoms with E-state index in [0.29, 0.717) is 42.3 Å². The third kappa shape index (κ3) is 4.64. The number of hydrogen-bond donors (Lipinski definition) is 1. The van der Waals surface area contributed by atoms with Crippen LogP contribution in [-0.4, -0.2) is 42.0 Å². The minimum absolute atomic E-state index is 0.0690. The fourth-order valence-electron chi connectivity index (χ4n) is 8.92. The monoisotopic (exact) mass is 490 g/mol. The van der Waals surface area contributed by atoms with Crippen LogP contribution in [0.15, 0.2) is 0 Å². The van der Waals surface area contributed by atoms with E-state index in [2.05, 4.69) is 20.8 Å². The van der Waals surface area contributed by atoms with E-state index < -0.39 is 11.9 Å². The minimum atomic E-state index is -0.987. The van der Waals surface area contributed by atoms with Crippen molar-refractivity contribution in [3.63, 3.8) is 0 Å². The lowest BCUT2D eigenvalue weighted by Crippen LogP contribution is -2.57. The summed E-state index contributed by atoms with van der Waals surface area (Å²) in [6, 6.07) is 0. The molecule has 7 nitrogen and oxygen atoms in total. The number of fused-ring (bicyclic) bond motifs is 5. The first kappa shape index (κ1) is 26.2. The lowest BCUT2D eigenvalue weighted by molar-refractivity contribution is -0.169. The number of Topliss-reactive ketones (excluding diaryl/α,β-unsaturated/α-hetero) is 1. The van der Waals surface area contributed by atoms with Gasteiger partial charge in [-0.25, -0.2) is 0 Å². The number of methoxy groups -OCH3 is 1. The molecule has 196 valence electrons. The average molecular weight is 491 g/mol. The zero-order valence-corrected chi connectivity index (χ0v) is 21.7. The maximum absolute atomic E-state index is 13.8. The topological polar surface area (TPSA) is 107 Å². The molecule has 0 spiro atoms. The Kier molecular flexibility index (Phi) is 7.36. The molecule has 0 saturated heterocycles. The van der Waals surface area contributed by atoms with Crippen LogP contribution in [0.5, 0.6) is 0 Å². The van der Waals surface area contributed by atoms with Gasteiger partial charge in [-0.05, 0) is 85.9 Å². The summed E-state index contributed by atoms with van der Waals surface area (Å²) in [6.45, 7) is 6.65. The van der Waals surface area contributed by atoms with Crippen molar-refractivity contribution >= 4 is 23.7 Å². The van der Waals surface area contributed by atoms with Gasteiger partial charge in [-0.3, -0.25) is 19.2 Å². The second-order valence-electron chi connectivity index (χ2n) is 12.3. The van der Waals surface area contributed by atoms with Crippen molar-refractivity contribution in [1.29, 1.82) is 0 Å². The van der Waals surface area contributed by atoms with Crippen molar-refractivity contribution in [2.75, 3.05) is 7.11 Å². The van der Waals surface area contributed by atoms with E-state index in [-0.39, 0.29) is 47.6 Å². The lowest BCUT2D eigenvalue weighted by atomic mass is 9.44. The molecule has 0 aromatic rings. The maximum atomic E-state index is 13.8. The maximum Gasteiger partial charge on any atom is 0.306 e. The normalized spacial score (nSPS) is 41.2. The van der Waals surface area contributed by atoms with Gasteiger partial charge in [-0.15, -0.1) is 0 Å². The molecule has 0 amide bonds. The van der Waals surface area contributed by atoms with Gasteiger partial charge in [-0.1, -0.05) is 20.8 Å². The first-order valence-electron chi connectivity index (χ1n) is 13.5. The number of aliphatic carboxylic acids is 1. The molecule has 0 radical (unpaired) electrons. The number of esters is 2. The molecule has 0 bridgehead atoms. The molecule has 4 aliphatic carbocycles. The van der Waals surface area contributed by atoms with Gasteiger partial charge in [0.1, 0.15) is 11.9 Å². The van der Waals surface area contributed by atoms with Crippen molar-refractivity contribution in [2.45, 2.75) is 97.5 Å². The Balaban J connectivity index is 1.45. The summed E-state index contributed by atoms with van der Waals surface area (Å²) in [5.41, 5.74) is -0.283. The number of carbonyl (C=O) groups is 4. The van der Waals surface area contributed by atoms with Crippen LogP contribution in [0.4, 0.5) is 0 Å². The predicted molar refractivity (Wildman–Crippen MR) is 128 cm³/mol. The molecule has 4 fully saturated rings. The molecular formula is C28H42O7. The lowest BCUT2D eigenvalue weighted by Gasteiger charge is -2.60. The van der Waals surface area contributed by atoms with Crippen LogP contribution < -0.4 is 0 Å². The van der Waals surface area contributed by atoms with Gasteiger partial charge >= 0.3 is 17.9 Å². The standard InChI is InChI=1S/C28H42O7/c1-16(13-26(33)34-4)20-7-8-21-19-6-5-17-14-18(35-25(32)10-9-24(30)31)11-12-27(17,2)22(19)15-23(29)28(20,21)3/h16-22H,5-15H2,1-4H3,(H,30,31)/t16-,17+,18+,19+,20-,21+,22+,27+,28-/m1/s1. The molecular weight excluding hydrogens is 448 g/mol. The smallest absolute Gasteiger partial charge is 0.306 e. The minimum Gasteiger partial charge on any atom is -0.481 e. The van der Waals surface area contributed by atoms with E-state index in [9.17, 15) is 19.2 Å². The van der Waals surface area contributed by atoms with Crippen molar-refractivity contribution < 1.29 is 33.8 Å². The highest BCUT2D eigenvalue weighted by molar-refractivity contribution is 5.87. The van der Waals surface area contributed by atoms with Crippen molar-refractivity contribution in [1.82, 2.24) is 0 Å². The highest BCUT2D eigenvalue weighted by Gasteiger charge is 2.64. The molecule has 35 heavy (non-hydrogen) atoms. The molecule has 4 rings (SSSR count). The van der Waals surface area contributed by atoms with Crippen LogP contribution in [0.25, 0.3) is 0 Å². The molecule has 0 heterocycles.